The van der Waals surface area contributed by atoms with Crippen LogP contribution >= 0.6 is 45.9 Å². The molecule has 0 bridgehead atoms. The van der Waals surface area contributed by atoms with Crippen LogP contribution in [-0.4, -0.2) is 93.2 Å². The van der Waals surface area contributed by atoms with Crippen LogP contribution in [0.25, 0.3) is 0 Å². The fourth-order valence-corrected chi connectivity index (χ4v) is 3.69. The fourth-order valence-electron chi connectivity index (χ4n) is 1.41. The summed E-state index contributed by atoms with van der Waals surface area (Å²) in [5.41, 5.74) is 10.2. The molecule has 0 aromatic carbocycles. The van der Waals surface area contributed by atoms with Crippen molar-refractivity contribution >= 4 is 89.3 Å². The first-order valence-corrected chi connectivity index (χ1v) is 26.0. The van der Waals surface area contributed by atoms with Gasteiger partial charge in [-0.2, -0.15) is 11.1 Å². The molecule has 0 heterocycles. The lowest BCUT2D eigenvalue weighted by Crippen LogP contribution is -2.41. The Kier molecular flexibility index (Phi) is 36.3. The van der Waals surface area contributed by atoms with Crippen LogP contribution in [-0.2, 0) is 18.4 Å². The highest BCUT2D eigenvalue weighted by Crippen LogP contribution is 2.38. The largest absolute Gasteiger partial charge is 0.417 e. The van der Waals surface area contributed by atoms with Crippen LogP contribution in [0, 0.1) is 0 Å². The number of alkyl halides is 2. The number of aliphatic hydroxyl groups excluding tert-OH is 1. The maximum absolute atomic E-state index is 11.0. The molecular formula is C29H68BCl4N2O5Si3. The molecule has 3 radical (unpaired) electrons. The summed E-state index contributed by atoms with van der Waals surface area (Å²) in [5.74, 6) is 0.136. The number of nitrogens with two attached hydrogens (primary N) is 2. The van der Waals surface area contributed by atoms with E-state index in [0.29, 0.717) is 42.8 Å². The van der Waals surface area contributed by atoms with Crippen molar-refractivity contribution in [3.63, 3.8) is 0 Å². The van der Waals surface area contributed by atoms with Crippen LogP contribution in [0.5, 0.6) is 0 Å². The zero-order valence-corrected chi connectivity index (χ0v) is 36.7. The number of carbonyl (C=O) groups excluding carboxylic acids is 2. The van der Waals surface area contributed by atoms with E-state index in [1.165, 1.54) is 0 Å². The quantitative estimate of drug-likeness (QED) is 0.0636. The molecule has 0 aromatic rings. The Labute approximate surface area is 297 Å². The highest BCUT2D eigenvalue weighted by Gasteiger charge is 2.37. The monoisotopic (exact) mass is 759 g/mol. The van der Waals surface area contributed by atoms with E-state index in [0.717, 1.165) is 6.42 Å². The second kappa shape index (κ2) is 27.9. The fraction of sp³-hybridized carbons (Fsp3) is 0.931. The van der Waals surface area contributed by atoms with Crippen molar-refractivity contribution in [3.05, 3.63) is 0 Å². The van der Waals surface area contributed by atoms with E-state index >= 15 is 0 Å². The van der Waals surface area contributed by atoms with Crippen LogP contribution in [0.15, 0.2) is 0 Å². The Hall–Kier alpha value is 1.02. The highest BCUT2D eigenvalue weighted by molar-refractivity contribution is 7.20. The van der Waals surface area contributed by atoms with Gasteiger partial charge >= 0.3 is 0 Å². The number of Topliss-reactive ketones (excluding diaryl/α,β-unsaturated/α-hetero) is 1. The van der Waals surface area contributed by atoms with Crippen molar-refractivity contribution in [2.45, 2.75) is 130 Å². The molecule has 0 aliphatic rings. The Bertz CT molecular complexity index is 699. The molecule has 0 fully saturated rings. The number of hydrogen-bond acceptors (Lipinski definition) is 7. The lowest BCUT2D eigenvalue weighted by atomic mass is 10.2. The van der Waals surface area contributed by atoms with E-state index in [-0.39, 0.29) is 37.6 Å². The van der Waals surface area contributed by atoms with Crippen LogP contribution in [0.1, 0.15) is 75.2 Å². The summed E-state index contributed by atoms with van der Waals surface area (Å²) < 4.78 is 11.7. The summed E-state index contributed by atoms with van der Waals surface area (Å²) in [7, 11) is -4.52. The van der Waals surface area contributed by atoms with Crippen LogP contribution in [0.3, 0.4) is 0 Å². The standard InChI is InChI=1S/C11H23ClO2Si.C8H21NOSi.C6H15ClSi.C2H2Cl2O.C2H7NO.B/c1-11(2,3)15(4,5)14-8-6-7-10(13)9-12;1-8(2,3)11(4,5)10-7-6-9;1-6(2,3)8(4,5)7;3-1-2(4)5;3-1-2-4;/h6-9H2,1-5H3;6-7,9H2,1-5H3;1-5H3;1H2;4H,1-3H2;. The molecule has 15 heteroatoms. The predicted molar refractivity (Wildman–Crippen MR) is 207 cm³/mol. The third-order valence-electron chi connectivity index (χ3n) is 7.42. The lowest BCUT2D eigenvalue weighted by molar-refractivity contribution is -0.117. The molecular weight excluding hydrogens is 693 g/mol. The van der Waals surface area contributed by atoms with E-state index in [9.17, 15) is 9.59 Å². The normalized spacial score (nSPS) is 12.0. The molecule has 0 unspecified atom stereocenters. The Morgan fingerprint density at radius 3 is 1.18 bits per heavy atom. The molecule has 0 saturated carbocycles. The Balaban J connectivity index is -0.000000110. The molecule has 7 nitrogen and oxygen atoms in total. The van der Waals surface area contributed by atoms with Gasteiger partial charge < -0.3 is 25.4 Å². The van der Waals surface area contributed by atoms with E-state index in [4.69, 9.17) is 71.3 Å². The van der Waals surface area contributed by atoms with Crippen molar-refractivity contribution in [2.75, 3.05) is 44.7 Å². The molecule has 267 valence electrons. The predicted octanol–water partition coefficient (Wildman–Crippen LogP) is 8.34. The Morgan fingerprint density at radius 2 is 1.00 bits per heavy atom. The van der Waals surface area contributed by atoms with Crippen LogP contribution in [0.4, 0.5) is 0 Å². The number of hydrogen-bond donors (Lipinski definition) is 3. The van der Waals surface area contributed by atoms with Gasteiger partial charge in [0.1, 0.15) is 5.78 Å². The first kappa shape index (κ1) is 57.3. The second-order valence-electron chi connectivity index (χ2n) is 14.5. The number of aliphatic hydroxyl groups is 1. The van der Waals surface area contributed by atoms with Gasteiger partial charge in [-0.05, 0) is 59.3 Å². The molecule has 0 amide bonds. The summed E-state index contributed by atoms with van der Waals surface area (Å²) >= 11 is 21.1. The maximum Gasteiger partial charge on any atom is 0.236 e. The second-order valence-corrected chi connectivity index (χ2v) is 32.4. The van der Waals surface area contributed by atoms with Gasteiger partial charge in [-0.1, -0.05) is 75.4 Å². The van der Waals surface area contributed by atoms with Crippen molar-refractivity contribution in [1.29, 1.82) is 0 Å². The van der Waals surface area contributed by atoms with Gasteiger partial charge in [0.05, 0.1) is 18.4 Å². The zero-order chi connectivity index (χ0) is 35.9. The molecule has 44 heavy (non-hydrogen) atoms. The minimum Gasteiger partial charge on any atom is -0.417 e. The van der Waals surface area contributed by atoms with E-state index < -0.39 is 29.3 Å². The minimum atomic E-state index is -1.63. The van der Waals surface area contributed by atoms with Crippen LogP contribution < -0.4 is 11.5 Å². The summed E-state index contributed by atoms with van der Waals surface area (Å²) in [4.78, 5) is 20.4. The van der Waals surface area contributed by atoms with Gasteiger partial charge in [-0.3, -0.25) is 9.59 Å². The van der Waals surface area contributed by atoms with Crippen molar-refractivity contribution in [1.82, 2.24) is 0 Å². The van der Waals surface area contributed by atoms with Crippen molar-refractivity contribution in [3.8, 4) is 0 Å². The zero-order valence-electron chi connectivity index (χ0n) is 30.7. The minimum absolute atomic E-state index is 0. The highest BCUT2D eigenvalue weighted by atomic mass is 35.6. The Morgan fingerprint density at radius 1 is 0.705 bits per heavy atom. The third kappa shape index (κ3) is 35.9. The van der Waals surface area contributed by atoms with E-state index in [1.54, 1.807) is 0 Å². The van der Waals surface area contributed by atoms with E-state index in [2.05, 4.69) is 102 Å². The smallest absolute Gasteiger partial charge is 0.236 e. The van der Waals surface area contributed by atoms with Crippen LogP contribution in [0.2, 0.25) is 54.4 Å². The first-order valence-electron chi connectivity index (χ1n) is 14.7. The molecule has 0 aromatic heterocycles. The third-order valence-corrected chi connectivity index (χ3v) is 22.6. The van der Waals surface area contributed by atoms with Gasteiger partial charge in [0.2, 0.25) is 5.24 Å². The first-order chi connectivity index (χ1) is 18.9. The average molecular weight is 762 g/mol. The molecule has 0 spiro atoms. The van der Waals surface area contributed by atoms with Gasteiger partial charge in [-0.15, -0.1) is 23.2 Å². The number of ketones is 1. The average Bonchev–Trinajstić information content (AvgIpc) is 2.83. The molecule has 0 atom stereocenters. The summed E-state index contributed by atoms with van der Waals surface area (Å²) in [5, 5.41) is 8.13. The molecule has 0 aliphatic carbocycles. The van der Waals surface area contributed by atoms with Gasteiger partial charge in [0.15, 0.2) is 24.0 Å². The molecule has 0 aliphatic heterocycles. The SMILES string of the molecule is CC(C)(C)[Si](C)(C)Cl.CC(C)(C)[Si](C)(C)OCCCC(=O)CCl.CC(C)(C)[Si](C)(C)OCCN.NCCO.O=C(Cl)CCl.[B]. The lowest BCUT2D eigenvalue weighted by Gasteiger charge is -2.36. The molecule has 0 rings (SSSR count). The summed E-state index contributed by atoms with van der Waals surface area (Å²) in [6.45, 7) is 35.7. The van der Waals surface area contributed by atoms with E-state index in [1.807, 2.05) is 0 Å². The van der Waals surface area contributed by atoms with Gasteiger partial charge in [-0.25, -0.2) is 0 Å². The summed E-state index contributed by atoms with van der Waals surface area (Å²) in [6, 6.07) is 0. The molecule has 5 N–H and O–H groups in total. The maximum atomic E-state index is 11.0. The van der Waals surface area contributed by atoms with Crippen molar-refractivity contribution in [2.24, 2.45) is 11.5 Å². The van der Waals surface area contributed by atoms with Crippen molar-refractivity contribution < 1.29 is 23.5 Å². The number of carbonyl (C=O) groups is 2. The topological polar surface area (TPSA) is 125 Å². The van der Waals surface area contributed by atoms with Gasteiger partial charge in [0, 0.05) is 41.1 Å². The number of rotatable bonds is 11. The number of halogens is 4. The summed E-state index contributed by atoms with van der Waals surface area (Å²) in [6.07, 6.45) is 1.33. The molecule has 0 saturated heterocycles. The van der Waals surface area contributed by atoms with Gasteiger partial charge in [0.25, 0.3) is 0 Å².